The standard InChI is InChI=1S/C24H24N2O3/c27-23(14-12-21-11-13-22(29-21)18-7-2-1-3-8-18)25-20-10-6-9-19(17-20)24(28)26-15-4-5-16-26/h1-3,6-11,13,17H,4-5,12,14-16H2,(H,25,27). The summed E-state index contributed by atoms with van der Waals surface area (Å²) in [6.07, 6.45) is 2.94. The van der Waals surface area contributed by atoms with E-state index >= 15 is 0 Å². The Labute approximate surface area is 170 Å². The van der Waals surface area contributed by atoms with Gasteiger partial charge in [-0.05, 0) is 43.2 Å². The lowest BCUT2D eigenvalue weighted by atomic mass is 10.1. The van der Waals surface area contributed by atoms with Crippen molar-refractivity contribution in [3.05, 3.63) is 78.1 Å². The van der Waals surface area contributed by atoms with Gasteiger partial charge in [-0.15, -0.1) is 0 Å². The van der Waals surface area contributed by atoms with Crippen molar-refractivity contribution >= 4 is 17.5 Å². The molecule has 4 rings (SSSR count). The fourth-order valence-electron chi connectivity index (χ4n) is 3.56. The van der Waals surface area contributed by atoms with Crippen LogP contribution >= 0.6 is 0 Å². The van der Waals surface area contributed by atoms with Gasteiger partial charge in [0.1, 0.15) is 11.5 Å². The van der Waals surface area contributed by atoms with E-state index in [2.05, 4.69) is 5.32 Å². The number of rotatable bonds is 6. The van der Waals surface area contributed by atoms with Crippen LogP contribution < -0.4 is 5.32 Å². The fraction of sp³-hybridized carbons (Fsp3) is 0.250. The fourth-order valence-corrected chi connectivity index (χ4v) is 3.56. The molecule has 3 aromatic rings. The Morgan fingerprint density at radius 3 is 2.52 bits per heavy atom. The second-order valence-electron chi connectivity index (χ2n) is 7.26. The Morgan fingerprint density at radius 1 is 0.931 bits per heavy atom. The zero-order valence-corrected chi connectivity index (χ0v) is 16.3. The number of nitrogens with zero attached hydrogens (tertiary/aromatic N) is 1. The first-order valence-electron chi connectivity index (χ1n) is 10.0. The molecule has 29 heavy (non-hydrogen) atoms. The number of furan rings is 1. The predicted octanol–water partition coefficient (Wildman–Crippen LogP) is 4.75. The van der Waals surface area contributed by atoms with E-state index in [0.29, 0.717) is 24.1 Å². The quantitative estimate of drug-likeness (QED) is 0.663. The first kappa shape index (κ1) is 19.0. The number of nitrogens with one attached hydrogen (secondary N) is 1. The third-order valence-corrected chi connectivity index (χ3v) is 5.10. The topological polar surface area (TPSA) is 62.6 Å². The monoisotopic (exact) mass is 388 g/mol. The number of carbonyl (C=O) groups excluding carboxylic acids is 2. The normalized spacial score (nSPS) is 13.4. The molecule has 0 bridgehead atoms. The van der Waals surface area contributed by atoms with Gasteiger partial charge in [0.2, 0.25) is 5.91 Å². The van der Waals surface area contributed by atoms with E-state index in [1.807, 2.05) is 47.4 Å². The summed E-state index contributed by atoms with van der Waals surface area (Å²) in [4.78, 5) is 26.7. The van der Waals surface area contributed by atoms with Crippen molar-refractivity contribution in [1.29, 1.82) is 0 Å². The molecule has 5 heteroatoms. The average molecular weight is 388 g/mol. The average Bonchev–Trinajstić information content (AvgIpc) is 3.45. The van der Waals surface area contributed by atoms with Crippen LogP contribution in [0.5, 0.6) is 0 Å². The van der Waals surface area contributed by atoms with E-state index in [9.17, 15) is 9.59 Å². The van der Waals surface area contributed by atoms with Crippen LogP contribution in [0.2, 0.25) is 0 Å². The van der Waals surface area contributed by atoms with Crippen LogP contribution in [-0.4, -0.2) is 29.8 Å². The van der Waals surface area contributed by atoms with E-state index < -0.39 is 0 Å². The lowest BCUT2D eigenvalue weighted by Gasteiger charge is -2.15. The second-order valence-corrected chi connectivity index (χ2v) is 7.26. The molecule has 1 saturated heterocycles. The summed E-state index contributed by atoms with van der Waals surface area (Å²) < 4.78 is 5.85. The van der Waals surface area contributed by atoms with Crippen molar-refractivity contribution < 1.29 is 14.0 Å². The third-order valence-electron chi connectivity index (χ3n) is 5.10. The van der Waals surface area contributed by atoms with Crippen LogP contribution in [0.3, 0.4) is 0 Å². The van der Waals surface area contributed by atoms with E-state index in [-0.39, 0.29) is 11.8 Å². The second kappa shape index (κ2) is 8.78. The van der Waals surface area contributed by atoms with Crippen LogP contribution in [0.25, 0.3) is 11.3 Å². The highest BCUT2D eigenvalue weighted by Gasteiger charge is 2.19. The lowest BCUT2D eigenvalue weighted by molar-refractivity contribution is -0.116. The maximum Gasteiger partial charge on any atom is 0.253 e. The summed E-state index contributed by atoms with van der Waals surface area (Å²) in [6, 6.07) is 20.9. The van der Waals surface area contributed by atoms with Crippen LogP contribution in [0.4, 0.5) is 5.69 Å². The van der Waals surface area contributed by atoms with Crippen LogP contribution in [0.1, 0.15) is 35.4 Å². The SMILES string of the molecule is O=C(CCc1ccc(-c2ccccc2)o1)Nc1cccc(C(=O)N2CCCC2)c1. The first-order chi connectivity index (χ1) is 14.2. The highest BCUT2D eigenvalue weighted by molar-refractivity contribution is 5.97. The largest absolute Gasteiger partial charge is 0.461 e. The number of anilines is 1. The number of likely N-dealkylation sites (tertiary alicyclic amines) is 1. The summed E-state index contributed by atoms with van der Waals surface area (Å²) in [6.45, 7) is 1.62. The summed E-state index contributed by atoms with van der Waals surface area (Å²) >= 11 is 0. The maximum atomic E-state index is 12.5. The minimum atomic E-state index is -0.103. The summed E-state index contributed by atoms with van der Waals surface area (Å²) in [7, 11) is 0. The third kappa shape index (κ3) is 4.74. The van der Waals surface area contributed by atoms with E-state index in [0.717, 1.165) is 43.0 Å². The number of hydrogen-bond donors (Lipinski definition) is 1. The van der Waals surface area contributed by atoms with Crippen molar-refractivity contribution in [3.8, 4) is 11.3 Å². The van der Waals surface area contributed by atoms with E-state index in [4.69, 9.17) is 4.42 Å². The van der Waals surface area contributed by atoms with Gasteiger partial charge in [0.15, 0.2) is 0 Å². The lowest BCUT2D eigenvalue weighted by Crippen LogP contribution is -2.27. The molecule has 1 fully saturated rings. The molecule has 1 aromatic heterocycles. The molecule has 0 atom stereocenters. The van der Waals surface area contributed by atoms with Crippen molar-refractivity contribution in [2.24, 2.45) is 0 Å². The van der Waals surface area contributed by atoms with Gasteiger partial charge in [0, 0.05) is 42.7 Å². The molecular formula is C24H24N2O3. The van der Waals surface area contributed by atoms with Gasteiger partial charge in [0.05, 0.1) is 0 Å². The minimum Gasteiger partial charge on any atom is -0.461 e. The number of benzene rings is 2. The molecule has 1 aliphatic heterocycles. The van der Waals surface area contributed by atoms with Crippen molar-refractivity contribution in [3.63, 3.8) is 0 Å². The molecule has 2 amide bonds. The van der Waals surface area contributed by atoms with Gasteiger partial charge in [0.25, 0.3) is 5.91 Å². The molecule has 1 aliphatic rings. The van der Waals surface area contributed by atoms with E-state index in [1.54, 1.807) is 24.3 Å². The van der Waals surface area contributed by atoms with Gasteiger partial charge < -0.3 is 14.6 Å². The first-order valence-corrected chi connectivity index (χ1v) is 10.0. The van der Waals surface area contributed by atoms with Crippen molar-refractivity contribution in [1.82, 2.24) is 4.90 Å². The van der Waals surface area contributed by atoms with Crippen LogP contribution in [-0.2, 0) is 11.2 Å². The molecule has 0 unspecified atom stereocenters. The molecular weight excluding hydrogens is 364 g/mol. The van der Waals surface area contributed by atoms with Gasteiger partial charge in [-0.1, -0.05) is 36.4 Å². The zero-order chi connectivity index (χ0) is 20.1. The van der Waals surface area contributed by atoms with Gasteiger partial charge >= 0.3 is 0 Å². The van der Waals surface area contributed by atoms with Crippen LogP contribution in [0, 0.1) is 0 Å². The Balaban J connectivity index is 1.33. The highest BCUT2D eigenvalue weighted by atomic mass is 16.3. The molecule has 0 saturated carbocycles. The molecule has 5 nitrogen and oxygen atoms in total. The Morgan fingerprint density at radius 2 is 1.72 bits per heavy atom. The number of carbonyl (C=O) groups is 2. The Hall–Kier alpha value is -3.34. The molecule has 148 valence electrons. The van der Waals surface area contributed by atoms with Gasteiger partial charge in [-0.2, -0.15) is 0 Å². The zero-order valence-electron chi connectivity index (χ0n) is 16.3. The van der Waals surface area contributed by atoms with Gasteiger partial charge in [-0.25, -0.2) is 0 Å². The number of aryl methyl sites for hydroxylation is 1. The Bertz CT molecular complexity index is 988. The summed E-state index contributed by atoms with van der Waals surface area (Å²) in [5.41, 5.74) is 2.27. The van der Waals surface area contributed by atoms with Gasteiger partial charge in [-0.3, -0.25) is 9.59 Å². The molecule has 0 radical (unpaired) electrons. The van der Waals surface area contributed by atoms with Crippen molar-refractivity contribution in [2.75, 3.05) is 18.4 Å². The maximum absolute atomic E-state index is 12.5. The minimum absolute atomic E-state index is 0.0302. The predicted molar refractivity (Wildman–Crippen MR) is 113 cm³/mol. The number of amides is 2. The molecule has 0 spiro atoms. The highest BCUT2D eigenvalue weighted by Crippen LogP contribution is 2.22. The molecule has 2 heterocycles. The smallest absolute Gasteiger partial charge is 0.253 e. The summed E-state index contributed by atoms with van der Waals surface area (Å²) in [5.74, 6) is 1.50. The van der Waals surface area contributed by atoms with E-state index in [1.165, 1.54) is 0 Å². The molecule has 0 aliphatic carbocycles. The van der Waals surface area contributed by atoms with Crippen molar-refractivity contribution in [2.45, 2.75) is 25.7 Å². The Kier molecular flexibility index (Phi) is 5.75. The number of hydrogen-bond acceptors (Lipinski definition) is 3. The van der Waals surface area contributed by atoms with Crippen LogP contribution in [0.15, 0.2) is 71.1 Å². The summed E-state index contributed by atoms with van der Waals surface area (Å²) in [5, 5.41) is 2.89. The molecule has 1 N–H and O–H groups in total. The molecule has 2 aromatic carbocycles.